The normalized spacial score (nSPS) is 20.3. The summed E-state index contributed by atoms with van der Waals surface area (Å²) in [6.07, 6.45) is 2.67. The molecule has 0 aromatic carbocycles. The van der Waals surface area contributed by atoms with Gasteiger partial charge in [-0.2, -0.15) is 4.98 Å². The molecule has 1 aromatic heterocycles. The van der Waals surface area contributed by atoms with E-state index in [1.807, 2.05) is 0 Å². The van der Waals surface area contributed by atoms with Gasteiger partial charge < -0.3 is 15.4 Å². The molecule has 2 N–H and O–H groups in total. The number of nitrogens with zero attached hydrogens (tertiary/aromatic N) is 2. The van der Waals surface area contributed by atoms with Crippen molar-refractivity contribution in [2.75, 3.05) is 24.3 Å². The Morgan fingerprint density at radius 2 is 2.38 bits per heavy atom. The number of ether oxygens (including phenoxy) is 1. The summed E-state index contributed by atoms with van der Waals surface area (Å²) in [5.41, 5.74) is 0.865. The molecule has 0 aliphatic carbocycles. The van der Waals surface area contributed by atoms with E-state index < -0.39 is 0 Å². The molecule has 16 heavy (non-hydrogen) atoms. The van der Waals surface area contributed by atoms with E-state index in [0.717, 1.165) is 24.5 Å². The van der Waals surface area contributed by atoms with Crippen LogP contribution in [0.5, 0.6) is 5.88 Å². The molecule has 0 fully saturated rings. The molecular formula is C11H18N4O. The zero-order valence-corrected chi connectivity index (χ0v) is 9.95. The minimum Gasteiger partial charge on any atom is -0.479 e. The van der Waals surface area contributed by atoms with Crippen LogP contribution in [0.3, 0.4) is 0 Å². The van der Waals surface area contributed by atoms with E-state index in [1.165, 1.54) is 6.33 Å². The molecule has 5 heteroatoms. The van der Waals surface area contributed by atoms with E-state index in [4.69, 9.17) is 4.74 Å². The van der Waals surface area contributed by atoms with E-state index in [-0.39, 0.29) is 0 Å². The minimum absolute atomic E-state index is 0.414. The maximum Gasteiger partial charge on any atom is 0.242 e. The summed E-state index contributed by atoms with van der Waals surface area (Å²) in [4.78, 5) is 8.29. The monoisotopic (exact) mass is 222 g/mol. The number of nitrogens with one attached hydrogen (secondary N) is 2. The molecule has 88 valence electrons. The first kappa shape index (κ1) is 11.0. The van der Waals surface area contributed by atoms with Crippen LogP contribution in [0.2, 0.25) is 0 Å². The highest BCUT2D eigenvalue weighted by atomic mass is 16.5. The van der Waals surface area contributed by atoms with Gasteiger partial charge in [0.1, 0.15) is 12.0 Å². The van der Waals surface area contributed by atoms with Crippen LogP contribution < -0.4 is 15.4 Å². The van der Waals surface area contributed by atoms with Crippen LogP contribution in [0.1, 0.15) is 20.3 Å². The molecule has 2 heterocycles. The zero-order valence-electron chi connectivity index (χ0n) is 9.95. The fourth-order valence-corrected chi connectivity index (χ4v) is 1.86. The van der Waals surface area contributed by atoms with Gasteiger partial charge in [0.25, 0.3) is 0 Å². The number of anilines is 2. The van der Waals surface area contributed by atoms with Crippen LogP contribution in [0.25, 0.3) is 0 Å². The van der Waals surface area contributed by atoms with Crippen molar-refractivity contribution in [2.24, 2.45) is 5.92 Å². The number of hydrogen-bond donors (Lipinski definition) is 2. The van der Waals surface area contributed by atoms with Crippen LogP contribution in [-0.2, 0) is 0 Å². The summed E-state index contributed by atoms with van der Waals surface area (Å²) in [7, 11) is 1.62. The van der Waals surface area contributed by atoms with Gasteiger partial charge in [0.2, 0.25) is 5.88 Å². The van der Waals surface area contributed by atoms with Crippen LogP contribution in [0.4, 0.5) is 11.5 Å². The Morgan fingerprint density at radius 1 is 1.56 bits per heavy atom. The van der Waals surface area contributed by atoms with Crippen molar-refractivity contribution in [3.63, 3.8) is 0 Å². The number of hydrogen-bond acceptors (Lipinski definition) is 5. The lowest BCUT2D eigenvalue weighted by molar-refractivity contribution is 0.396. The highest BCUT2D eigenvalue weighted by Gasteiger charge is 2.24. The van der Waals surface area contributed by atoms with Gasteiger partial charge in [-0.15, -0.1) is 0 Å². The molecule has 0 spiro atoms. The molecule has 2 atom stereocenters. The van der Waals surface area contributed by atoms with Crippen LogP contribution in [0.15, 0.2) is 6.33 Å². The van der Waals surface area contributed by atoms with Crippen molar-refractivity contribution >= 4 is 11.5 Å². The van der Waals surface area contributed by atoms with E-state index in [1.54, 1.807) is 7.11 Å². The van der Waals surface area contributed by atoms with Gasteiger partial charge in [-0.3, -0.25) is 0 Å². The maximum atomic E-state index is 5.18. The number of fused-ring (bicyclic) bond motifs is 1. The lowest BCUT2D eigenvalue weighted by atomic mass is 9.98. The third kappa shape index (κ3) is 1.89. The number of aromatic nitrogens is 2. The zero-order chi connectivity index (χ0) is 11.5. The highest BCUT2D eigenvalue weighted by molar-refractivity contribution is 5.72. The van der Waals surface area contributed by atoms with Gasteiger partial charge in [-0.1, -0.05) is 20.3 Å². The van der Waals surface area contributed by atoms with Crippen molar-refractivity contribution in [2.45, 2.75) is 26.3 Å². The summed E-state index contributed by atoms with van der Waals surface area (Å²) in [6.45, 7) is 5.32. The Hall–Kier alpha value is -1.52. The quantitative estimate of drug-likeness (QED) is 0.815. The molecule has 1 aliphatic heterocycles. The molecule has 0 bridgehead atoms. The first-order chi connectivity index (χ1) is 7.76. The van der Waals surface area contributed by atoms with Gasteiger partial charge in [0.05, 0.1) is 7.11 Å². The topological polar surface area (TPSA) is 59.1 Å². The Balaban J connectivity index is 2.21. The molecule has 0 saturated heterocycles. The predicted molar refractivity (Wildman–Crippen MR) is 63.9 cm³/mol. The lowest BCUT2D eigenvalue weighted by Crippen LogP contribution is -2.38. The molecule has 5 nitrogen and oxygen atoms in total. The largest absolute Gasteiger partial charge is 0.479 e. The summed E-state index contributed by atoms with van der Waals surface area (Å²) < 4.78 is 5.18. The van der Waals surface area contributed by atoms with Crippen molar-refractivity contribution in [1.82, 2.24) is 9.97 Å². The van der Waals surface area contributed by atoms with Gasteiger partial charge >= 0.3 is 0 Å². The number of rotatable bonds is 3. The second-order valence-electron chi connectivity index (χ2n) is 4.12. The van der Waals surface area contributed by atoms with Crippen molar-refractivity contribution < 1.29 is 4.74 Å². The highest BCUT2D eigenvalue weighted by Crippen LogP contribution is 2.32. The average molecular weight is 222 g/mol. The SMILES string of the molecule is CCC(C)C1CNc2c(ncnc2OC)N1. The fraction of sp³-hybridized carbons (Fsp3) is 0.636. The second-order valence-corrected chi connectivity index (χ2v) is 4.12. The standard InChI is InChI=1S/C11H18N4O/c1-4-7(2)8-5-12-9-10(15-8)13-6-14-11(9)16-3/h6-8,12H,4-5H2,1-3H3,(H,13,14,15). The lowest BCUT2D eigenvalue weighted by Gasteiger charge is -2.31. The Bertz CT molecular complexity index is 369. The summed E-state index contributed by atoms with van der Waals surface area (Å²) in [6, 6.07) is 0.414. The molecule has 2 unspecified atom stereocenters. The van der Waals surface area contributed by atoms with E-state index >= 15 is 0 Å². The average Bonchev–Trinajstić information content (AvgIpc) is 2.36. The van der Waals surface area contributed by atoms with Gasteiger partial charge in [0.15, 0.2) is 5.82 Å². The first-order valence-corrected chi connectivity index (χ1v) is 5.65. The third-order valence-electron chi connectivity index (χ3n) is 3.16. The predicted octanol–water partition coefficient (Wildman–Crippen LogP) is 1.74. The van der Waals surface area contributed by atoms with Crippen LogP contribution >= 0.6 is 0 Å². The molecular weight excluding hydrogens is 204 g/mol. The maximum absolute atomic E-state index is 5.18. The van der Waals surface area contributed by atoms with E-state index in [0.29, 0.717) is 17.8 Å². The summed E-state index contributed by atoms with van der Waals surface area (Å²) >= 11 is 0. The van der Waals surface area contributed by atoms with E-state index in [9.17, 15) is 0 Å². The second kappa shape index (κ2) is 4.55. The Labute approximate surface area is 95.6 Å². The fourth-order valence-electron chi connectivity index (χ4n) is 1.86. The Morgan fingerprint density at radius 3 is 3.06 bits per heavy atom. The van der Waals surface area contributed by atoms with Crippen molar-refractivity contribution in [3.05, 3.63) is 6.33 Å². The van der Waals surface area contributed by atoms with Crippen LogP contribution in [-0.4, -0.2) is 29.7 Å². The molecule has 0 amide bonds. The molecule has 1 aromatic rings. The first-order valence-electron chi connectivity index (χ1n) is 5.65. The minimum atomic E-state index is 0.414. The summed E-state index contributed by atoms with van der Waals surface area (Å²) in [5, 5.41) is 6.76. The molecule has 1 aliphatic rings. The number of methoxy groups -OCH3 is 1. The molecule has 2 rings (SSSR count). The summed E-state index contributed by atoms with van der Waals surface area (Å²) in [5.74, 6) is 2.05. The Kier molecular flexibility index (Phi) is 3.12. The smallest absolute Gasteiger partial charge is 0.242 e. The van der Waals surface area contributed by atoms with Gasteiger partial charge in [-0.25, -0.2) is 4.98 Å². The van der Waals surface area contributed by atoms with Crippen LogP contribution in [0, 0.1) is 5.92 Å². The third-order valence-corrected chi connectivity index (χ3v) is 3.16. The van der Waals surface area contributed by atoms with Gasteiger partial charge in [-0.05, 0) is 5.92 Å². The molecule has 0 radical (unpaired) electrons. The van der Waals surface area contributed by atoms with E-state index in [2.05, 4.69) is 34.4 Å². The molecule has 0 saturated carbocycles. The van der Waals surface area contributed by atoms with Crippen molar-refractivity contribution in [3.8, 4) is 5.88 Å². The van der Waals surface area contributed by atoms with Gasteiger partial charge in [0, 0.05) is 12.6 Å². The van der Waals surface area contributed by atoms with Crippen molar-refractivity contribution in [1.29, 1.82) is 0 Å².